The van der Waals surface area contributed by atoms with Gasteiger partial charge < -0.3 is 11.1 Å². The summed E-state index contributed by atoms with van der Waals surface area (Å²) in [6.07, 6.45) is 5.18. The van der Waals surface area contributed by atoms with E-state index in [9.17, 15) is 18.0 Å². The van der Waals surface area contributed by atoms with E-state index in [4.69, 9.17) is 17.3 Å². The molecule has 0 spiro atoms. The Kier molecular flexibility index (Phi) is 7.43. The molecule has 0 fully saturated rings. The van der Waals surface area contributed by atoms with Gasteiger partial charge >= 0.3 is 0 Å². The van der Waals surface area contributed by atoms with E-state index in [1.165, 1.54) is 29.2 Å². The van der Waals surface area contributed by atoms with Crippen molar-refractivity contribution >= 4 is 49.8 Å². The molecule has 11 nitrogen and oxygen atoms in total. The lowest BCUT2D eigenvalue weighted by Crippen LogP contribution is -2.33. The van der Waals surface area contributed by atoms with E-state index in [1.54, 1.807) is 43.3 Å². The van der Waals surface area contributed by atoms with Crippen LogP contribution in [0.3, 0.4) is 0 Å². The van der Waals surface area contributed by atoms with E-state index in [0.717, 1.165) is 6.26 Å². The molecule has 208 valence electrons. The molecule has 5 aromatic rings. The number of benzene rings is 2. The lowest BCUT2D eigenvalue weighted by molar-refractivity contribution is 0.0934. The molecule has 1 amide bonds. The highest BCUT2D eigenvalue weighted by Gasteiger charge is 2.22. The van der Waals surface area contributed by atoms with Gasteiger partial charge in [0.05, 0.1) is 46.5 Å². The summed E-state index contributed by atoms with van der Waals surface area (Å²) in [6.45, 7) is 1.74. The standard InChI is InChI=1S/C28H24ClN7O4S/c1-16(23-12-17-7-6-10-21(29)24(17)28(38)36(23)20-8-4-3-5-9-20)33-27(37)25-26(30)32-15-22(34-25)18-11-19(14-31-13-18)35-41(2,39)40/h3-16,35H,1-2H3,(H2,30,32)(H,33,37). The Balaban J connectivity index is 1.52. The minimum atomic E-state index is -3.53. The first-order valence-corrected chi connectivity index (χ1v) is 14.5. The van der Waals surface area contributed by atoms with Gasteiger partial charge in [-0.05, 0) is 42.6 Å². The fourth-order valence-electron chi connectivity index (χ4n) is 4.40. The van der Waals surface area contributed by atoms with E-state index in [2.05, 4.69) is 25.0 Å². The summed E-state index contributed by atoms with van der Waals surface area (Å²) in [4.78, 5) is 39.6. The van der Waals surface area contributed by atoms with E-state index < -0.39 is 22.0 Å². The van der Waals surface area contributed by atoms with Gasteiger partial charge in [0, 0.05) is 23.1 Å². The molecule has 0 aliphatic carbocycles. The van der Waals surface area contributed by atoms with Crippen LogP contribution in [0.5, 0.6) is 0 Å². The Morgan fingerprint density at radius 2 is 1.80 bits per heavy atom. The number of aromatic nitrogens is 4. The topological polar surface area (TPSA) is 162 Å². The molecule has 41 heavy (non-hydrogen) atoms. The van der Waals surface area contributed by atoms with Crippen LogP contribution in [0, 0.1) is 0 Å². The lowest BCUT2D eigenvalue weighted by atomic mass is 10.1. The van der Waals surface area contributed by atoms with Crippen molar-refractivity contribution in [2.24, 2.45) is 0 Å². The maximum atomic E-state index is 13.7. The normalized spacial score (nSPS) is 12.2. The van der Waals surface area contributed by atoms with Crippen LogP contribution >= 0.6 is 11.6 Å². The number of halogens is 1. The van der Waals surface area contributed by atoms with Crippen molar-refractivity contribution in [1.29, 1.82) is 0 Å². The molecule has 2 aromatic carbocycles. The first-order chi connectivity index (χ1) is 19.5. The number of nitrogens with one attached hydrogen (secondary N) is 2. The van der Waals surface area contributed by atoms with Crippen LogP contribution < -0.4 is 21.3 Å². The van der Waals surface area contributed by atoms with Crippen LogP contribution in [0.15, 0.2) is 84.0 Å². The van der Waals surface area contributed by atoms with Crippen LogP contribution in [0.25, 0.3) is 27.7 Å². The van der Waals surface area contributed by atoms with Gasteiger partial charge in [-0.1, -0.05) is 41.9 Å². The highest BCUT2D eigenvalue weighted by atomic mass is 35.5. The Bertz CT molecular complexity index is 1960. The van der Waals surface area contributed by atoms with Crippen molar-refractivity contribution < 1.29 is 13.2 Å². The van der Waals surface area contributed by atoms with Crippen LogP contribution in [-0.4, -0.2) is 40.1 Å². The van der Waals surface area contributed by atoms with E-state index in [0.29, 0.717) is 32.7 Å². The van der Waals surface area contributed by atoms with Crippen molar-refractivity contribution in [2.45, 2.75) is 13.0 Å². The number of para-hydroxylation sites is 1. The number of fused-ring (bicyclic) bond motifs is 1. The van der Waals surface area contributed by atoms with Crippen LogP contribution in [0.4, 0.5) is 11.5 Å². The first-order valence-electron chi connectivity index (χ1n) is 12.3. The second-order valence-electron chi connectivity index (χ2n) is 9.27. The molecule has 4 N–H and O–H groups in total. The van der Waals surface area contributed by atoms with Gasteiger partial charge in [0.2, 0.25) is 10.0 Å². The third-order valence-corrected chi connectivity index (χ3v) is 7.10. The van der Waals surface area contributed by atoms with Crippen molar-refractivity contribution in [2.75, 3.05) is 16.7 Å². The van der Waals surface area contributed by atoms with Gasteiger partial charge in [-0.2, -0.15) is 0 Å². The molecule has 0 saturated heterocycles. The smallest absolute Gasteiger partial charge is 0.274 e. The highest BCUT2D eigenvalue weighted by molar-refractivity contribution is 7.92. The van der Waals surface area contributed by atoms with Gasteiger partial charge in [-0.25, -0.2) is 18.4 Å². The van der Waals surface area contributed by atoms with E-state index >= 15 is 0 Å². The molecular formula is C28H24ClN7O4S. The SMILES string of the molecule is CC(NC(=O)c1nc(-c2cncc(NS(C)(=O)=O)c2)cnc1N)c1cc2cccc(Cl)c2c(=O)n1-c1ccccc1. The Morgan fingerprint density at radius 3 is 2.54 bits per heavy atom. The summed E-state index contributed by atoms with van der Waals surface area (Å²) in [5, 5.41) is 4.19. The molecule has 0 aliphatic heterocycles. The number of hydrogen-bond donors (Lipinski definition) is 3. The number of nitrogen functional groups attached to an aromatic ring is 1. The maximum Gasteiger partial charge on any atom is 0.274 e. The predicted octanol–water partition coefficient (Wildman–Crippen LogP) is 3.94. The number of sulfonamides is 1. The minimum Gasteiger partial charge on any atom is -0.382 e. The van der Waals surface area contributed by atoms with Gasteiger partial charge in [-0.3, -0.25) is 23.9 Å². The lowest BCUT2D eigenvalue weighted by Gasteiger charge is -2.21. The zero-order valence-electron chi connectivity index (χ0n) is 21.9. The highest BCUT2D eigenvalue weighted by Crippen LogP contribution is 2.26. The average Bonchev–Trinajstić information content (AvgIpc) is 2.92. The summed E-state index contributed by atoms with van der Waals surface area (Å²) in [7, 11) is -3.53. The van der Waals surface area contributed by atoms with Crippen molar-refractivity contribution in [1.82, 2.24) is 24.8 Å². The summed E-state index contributed by atoms with van der Waals surface area (Å²) in [5.41, 5.74) is 7.55. The molecule has 3 aromatic heterocycles. The second kappa shape index (κ2) is 11.0. The summed E-state index contributed by atoms with van der Waals surface area (Å²) < 4.78 is 27.1. The number of amides is 1. The summed E-state index contributed by atoms with van der Waals surface area (Å²) >= 11 is 6.39. The average molecular weight is 590 g/mol. The largest absolute Gasteiger partial charge is 0.382 e. The van der Waals surface area contributed by atoms with Crippen LogP contribution in [0.2, 0.25) is 5.02 Å². The molecule has 0 saturated carbocycles. The zero-order valence-corrected chi connectivity index (χ0v) is 23.4. The van der Waals surface area contributed by atoms with Gasteiger partial charge in [0.25, 0.3) is 11.5 Å². The number of anilines is 2. The molecule has 0 radical (unpaired) electrons. The number of nitrogens with two attached hydrogens (primary N) is 1. The Hall–Kier alpha value is -4.81. The van der Waals surface area contributed by atoms with Crippen molar-refractivity contribution in [3.05, 3.63) is 106 Å². The van der Waals surface area contributed by atoms with Crippen molar-refractivity contribution in [3.63, 3.8) is 0 Å². The molecule has 13 heteroatoms. The van der Waals surface area contributed by atoms with E-state index in [1.807, 2.05) is 18.2 Å². The second-order valence-corrected chi connectivity index (χ2v) is 11.4. The van der Waals surface area contributed by atoms with E-state index in [-0.39, 0.29) is 28.5 Å². The molecule has 3 heterocycles. The molecule has 5 rings (SSSR count). The number of pyridine rings is 2. The number of carbonyl (C=O) groups is 1. The molecule has 0 aliphatic rings. The maximum absolute atomic E-state index is 13.7. The van der Waals surface area contributed by atoms with Gasteiger partial charge in [0.15, 0.2) is 11.5 Å². The predicted molar refractivity (Wildman–Crippen MR) is 159 cm³/mol. The molecule has 1 unspecified atom stereocenters. The van der Waals surface area contributed by atoms with Gasteiger partial charge in [-0.15, -0.1) is 0 Å². The summed E-state index contributed by atoms with van der Waals surface area (Å²) in [6, 6.07) is 16.9. The van der Waals surface area contributed by atoms with Crippen LogP contribution in [-0.2, 0) is 10.0 Å². The fraction of sp³-hybridized carbons (Fsp3) is 0.107. The number of hydrogen-bond acceptors (Lipinski definition) is 8. The third-order valence-electron chi connectivity index (χ3n) is 6.18. The summed E-state index contributed by atoms with van der Waals surface area (Å²) in [5.74, 6) is -0.733. The number of carbonyl (C=O) groups excluding carboxylic acids is 1. The van der Waals surface area contributed by atoms with Crippen LogP contribution in [0.1, 0.15) is 29.1 Å². The van der Waals surface area contributed by atoms with Gasteiger partial charge in [0.1, 0.15) is 0 Å². The zero-order chi connectivity index (χ0) is 29.3. The Labute approximate surface area is 240 Å². The quantitative estimate of drug-likeness (QED) is 0.257. The minimum absolute atomic E-state index is 0.109. The monoisotopic (exact) mass is 589 g/mol. The molecule has 1 atom stereocenters. The number of nitrogens with zero attached hydrogens (tertiary/aromatic N) is 4. The third kappa shape index (κ3) is 5.88. The molecular weight excluding hydrogens is 566 g/mol. The van der Waals surface area contributed by atoms with Crippen molar-refractivity contribution in [3.8, 4) is 16.9 Å². The fourth-order valence-corrected chi connectivity index (χ4v) is 5.20. The number of rotatable bonds is 7. The first kappa shape index (κ1) is 27.7. The Morgan fingerprint density at radius 1 is 1.05 bits per heavy atom. The molecule has 0 bridgehead atoms.